The zero-order chi connectivity index (χ0) is 15.8. The van der Waals surface area contributed by atoms with E-state index in [1.54, 1.807) is 6.07 Å². The van der Waals surface area contributed by atoms with Crippen LogP contribution in [0.3, 0.4) is 0 Å². The second-order valence-corrected chi connectivity index (χ2v) is 6.78. The molecule has 4 heteroatoms. The van der Waals surface area contributed by atoms with Crippen molar-refractivity contribution in [3.63, 3.8) is 0 Å². The van der Waals surface area contributed by atoms with Crippen LogP contribution >= 0.6 is 0 Å². The Kier molecular flexibility index (Phi) is 4.59. The highest BCUT2D eigenvalue weighted by atomic mass is 19.1. The minimum atomic E-state index is -0.176. The highest BCUT2D eigenvalue weighted by Gasteiger charge is 2.40. The Hall–Kier alpha value is -1.13. The van der Waals surface area contributed by atoms with Crippen LogP contribution in [0.25, 0.3) is 0 Å². The molecule has 21 heavy (non-hydrogen) atoms. The van der Waals surface area contributed by atoms with Crippen molar-refractivity contribution < 1.29 is 4.39 Å². The quantitative estimate of drug-likeness (QED) is 0.905. The van der Waals surface area contributed by atoms with Crippen molar-refractivity contribution in [1.29, 1.82) is 0 Å². The van der Waals surface area contributed by atoms with Gasteiger partial charge in [0.05, 0.1) is 0 Å². The predicted molar refractivity (Wildman–Crippen MR) is 87.3 cm³/mol. The Morgan fingerprint density at radius 2 is 1.90 bits per heavy atom. The first-order chi connectivity index (χ1) is 9.77. The first kappa shape index (κ1) is 16.2. The predicted octanol–water partition coefficient (Wildman–Crippen LogP) is 3.07. The van der Waals surface area contributed by atoms with Gasteiger partial charge >= 0.3 is 0 Å². The van der Waals surface area contributed by atoms with Crippen molar-refractivity contribution >= 4 is 5.69 Å². The van der Waals surface area contributed by atoms with E-state index >= 15 is 0 Å². The Morgan fingerprint density at radius 3 is 2.33 bits per heavy atom. The van der Waals surface area contributed by atoms with Gasteiger partial charge in [-0.05, 0) is 70.5 Å². The third kappa shape index (κ3) is 3.06. The average Bonchev–Trinajstić information content (AvgIpc) is 2.35. The first-order valence-electron chi connectivity index (χ1n) is 7.71. The van der Waals surface area contributed by atoms with Gasteiger partial charge < -0.3 is 15.5 Å². The third-order valence-corrected chi connectivity index (χ3v) is 4.97. The zero-order valence-electron chi connectivity index (χ0n) is 13.9. The summed E-state index contributed by atoms with van der Waals surface area (Å²) in [5, 5.41) is 0. The minimum Gasteiger partial charge on any atom is -0.372 e. The van der Waals surface area contributed by atoms with Crippen LogP contribution in [0, 0.1) is 12.7 Å². The number of hydrogen-bond acceptors (Lipinski definition) is 3. The zero-order valence-corrected chi connectivity index (χ0v) is 13.9. The molecule has 1 aliphatic rings. The number of nitrogens with two attached hydrogens (primary N) is 1. The van der Waals surface area contributed by atoms with Crippen LogP contribution in [0.5, 0.6) is 0 Å². The van der Waals surface area contributed by atoms with Crippen LogP contribution in [0.2, 0.25) is 0 Å². The molecule has 0 aromatic heterocycles. The van der Waals surface area contributed by atoms with Gasteiger partial charge in [-0.25, -0.2) is 4.39 Å². The molecule has 1 saturated carbocycles. The van der Waals surface area contributed by atoms with E-state index in [0.717, 1.165) is 17.8 Å². The maximum Gasteiger partial charge on any atom is 0.126 e. The SMILES string of the molecule is Cc1cc(N(C)CC2(N(C)C)CCC2)c([C@@H](C)N)cc1F. The second-order valence-electron chi connectivity index (χ2n) is 6.78. The first-order valence-corrected chi connectivity index (χ1v) is 7.71. The highest BCUT2D eigenvalue weighted by molar-refractivity contribution is 5.57. The van der Waals surface area contributed by atoms with Crippen LogP contribution in [-0.4, -0.2) is 38.1 Å². The smallest absolute Gasteiger partial charge is 0.126 e. The van der Waals surface area contributed by atoms with Crippen LogP contribution in [-0.2, 0) is 0 Å². The van der Waals surface area contributed by atoms with Crippen LogP contribution < -0.4 is 10.6 Å². The summed E-state index contributed by atoms with van der Waals surface area (Å²) in [7, 11) is 6.38. The molecule has 1 aromatic carbocycles. The molecule has 1 atom stereocenters. The van der Waals surface area contributed by atoms with Crippen molar-refractivity contribution in [1.82, 2.24) is 4.90 Å². The maximum absolute atomic E-state index is 13.8. The van der Waals surface area contributed by atoms with Gasteiger partial charge in [-0.1, -0.05) is 0 Å². The van der Waals surface area contributed by atoms with Crippen molar-refractivity contribution in [3.05, 3.63) is 29.1 Å². The molecule has 0 spiro atoms. The number of halogens is 1. The van der Waals surface area contributed by atoms with E-state index in [9.17, 15) is 4.39 Å². The second kappa shape index (κ2) is 5.93. The van der Waals surface area contributed by atoms with E-state index in [2.05, 4.69) is 30.9 Å². The molecule has 1 fully saturated rings. The molecule has 3 nitrogen and oxygen atoms in total. The van der Waals surface area contributed by atoms with Crippen LogP contribution in [0.4, 0.5) is 10.1 Å². The molecule has 1 aliphatic carbocycles. The van der Waals surface area contributed by atoms with E-state index in [1.165, 1.54) is 19.3 Å². The molecule has 1 aromatic rings. The Bertz CT molecular complexity index is 507. The van der Waals surface area contributed by atoms with Gasteiger partial charge in [0.2, 0.25) is 0 Å². The molecule has 0 amide bonds. The molecule has 2 rings (SSSR count). The standard InChI is InChI=1S/C17H28FN3/c1-12-9-16(14(13(2)19)10-15(12)18)21(5)11-17(20(3)4)7-6-8-17/h9-10,13H,6-8,11,19H2,1-5H3/t13-/m1/s1. The topological polar surface area (TPSA) is 32.5 Å². The molecule has 0 aliphatic heterocycles. The van der Waals surface area contributed by atoms with Crippen molar-refractivity contribution in [3.8, 4) is 0 Å². The summed E-state index contributed by atoms with van der Waals surface area (Å²) in [5.74, 6) is -0.176. The molecule has 0 saturated heterocycles. The van der Waals surface area contributed by atoms with E-state index in [0.29, 0.717) is 5.56 Å². The molecular weight excluding hydrogens is 265 g/mol. The third-order valence-electron chi connectivity index (χ3n) is 4.97. The summed E-state index contributed by atoms with van der Waals surface area (Å²) in [6.45, 7) is 4.67. The van der Waals surface area contributed by atoms with E-state index in [-0.39, 0.29) is 17.4 Å². The fourth-order valence-corrected chi connectivity index (χ4v) is 3.24. The van der Waals surface area contributed by atoms with E-state index < -0.39 is 0 Å². The molecule has 0 radical (unpaired) electrons. The highest BCUT2D eigenvalue weighted by Crippen LogP contribution is 2.38. The molecule has 0 heterocycles. The summed E-state index contributed by atoms with van der Waals surface area (Å²) in [6, 6.07) is 3.35. The number of aryl methyl sites for hydroxylation is 1. The van der Waals surface area contributed by atoms with E-state index in [1.807, 2.05) is 19.9 Å². The maximum atomic E-state index is 13.8. The fourth-order valence-electron chi connectivity index (χ4n) is 3.24. The number of likely N-dealkylation sites (N-methyl/N-ethyl adjacent to an activating group) is 2. The average molecular weight is 293 g/mol. The Morgan fingerprint density at radius 1 is 1.29 bits per heavy atom. The van der Waals surface area contributed by atoms with Crippen LogP contribution in [0.1, 0.15) is 43.4 Å². The number of benzene rings is 1. The van der Waals surface area contributed by atoms with Gasteiger partial charge in [0.15, 0.2) is 0 Å². The molecule has 2 N–H and O–H groups in total. The number of rotatable bonds is 5. The van der Waals surface area contributed by atoms with Gasteiger partial charge in [-0.2, -0.15) is 0 Å². The van der Waals surface area contributed by atoms with Gasteiger partial charge in [0.25, 0.3) is 0 Å². The van der Waals surface area contributed by atoms with Crippen LogP contribution in [0.15, 0.2) is 12.1 Å². The van der Waals surface area contributed by atoms with Gasteiger partial charge in [-0.3, -0.25) is 0 Å². The normalized spacial score (nSPS) is 18.5. The Balaban J connectivity index is 2.30. The van der Waals surface area contributed by atoms with Crippen molar-refractivity contribution in [2.45, 2.75) is 44.7 Å². The lowest BCUT2D eigenvalue weighted by Gasteiger charge is -2.49. The number of anilines is 1. The number of nitrogens with zero attached hydrogens (tertiary/aromatic N) is 2. The summed E-state index contributed by atoms with van der Waals surface area (Å²) >= 11 is 0. The van der Waals surface area contributed by atoms with Gasteiger partial charge in [0, 0.05) is 30.9 Å². The summed E-state index contributed by atoms with van der Waals surface area (Å²) in [5.41, 5.74) is 8.89. The Labute approximate surface area is 127 Å². The van der Waals surface area contributed by atoms with E-state index in [4.69, 9.17) is 5.73 Å². The molecular formula is C17H28FN3. The summed E-state index contributed by atoms with van der Waals surface area (Å²) < 4.78 is 13.8. The molecule has 0 bridgehead atoms. The summed E-state index contributed by atoms with van der Waals surface area (Å²) in [6.07, 6.45) is 3.73. The van der Waals surface area contributed by atoms with Gasteiger partial charge in [0.1, 0.15) is 5.82 Å². The van der Waals surface area contributed by atoms with Crippen molar-refractivity contribution in [2.75, 3.05) is 32.6 Å². The molecule has 0 unspecified atom stereocenters. The minimum absolute atomic E-state index is 0.172. The largest absolute Gasteiger partial charge is 0.372 e. The fraction of sp³-hybridized carbons (Fsp3) is 0.647. The number of hydrogen-bond donors (Lipinski definition) is 1. The lowest BCUT2D eigenvalue weighted by Crippen LogP contribution is -2.56. The molecule has 118 valence electrons. The van der Waals surface area contributed by atoms with Gasteiger partial charge in [-0.15, -0.1) is 0 Å². The monoisotopic (exact) mass is 293 g/mol. The van der Waals surface area contributed by atoms with Crippen molar-refractivity contribution in [2.24, 2.45) is 5.73 Å². The lowest BCUT2D eigenvalue weighted by molar-refractivity contribution is 0.0683. The lowest BCUT2D eigenvalue weighted by atomic mass is 9.75. The summed E-state index contributed by atoms with van der Waals surface area (Å²) in [4.78, 5) is 4.57.